The molecule has 1 aromatic heterocycles. The van der Waals surface area contributed by atoms with Crippen molar-refractivity contribution in [3.63, 3.8) is 0 Å². The van der Waals surface area contributed by atoms with Gasteiger partial charge in [-0.2, -0.15) is 0 Å². The van der Waals surface area contributed by atoms with E-state index in [9.17, 15) is 9.59 Å². The van der Waals surface area contributed by atoms with Crippen LogP contribution in [0.3, 0.4) is 0 Å². The molecular formula is C24H20N2O3. The van der Waals surface area contributed by atoms with E-state index in [2.05, 4.69) is 12.1 Å². The van der Waals surface area contributed by atoms with E-state index in [4.69, 9.17) is 4.42 Å². The van der Waals surface area contributed by atoms with Crippen LogP contribution in [0.5, 0.6) is 0 Å². The number of nitrogens with zero attached hydrogens (tertiary/aromatic N) is 2. The normalized spacial score (nSPS) is 16.6. The second-order valence-electron chi connectivity index (χ2n) is 7.31. The summed E-state index contributed by atoms with van der Waals surface area (Å²) in [5, 5.41) is 0. The van der Waals surface area contributed by atoms with Crippen LogP contribution in [0.25, 0.3) is 5.57 Å². The molecule has 0 atom stereocenters. The molecular weight excluding hydrogens is 364 g/mol. The molecule has 0 fully saturated rings. The van der Waals surface area contributed by atoms with E-state index in [0.717, 1.165) is 12.0 Å². The molecule has 0 saturated heterocycles. The summed E-state index contributed by atoms with van der Waals surface area (Å²) in [6.45, 7) is 1.46. The van der Waals surface area contributed by atoms with Crippen molar-refractivity contribution in [2.75, 3.05) is 6.54 Å². The summed E-state index contributed by atoms with van der Waals surface area (Å²) < 4.78 is 5.38. The van der Waals surface area contributed by atoms with Crippen LogP contribution >= 0.6 is 0 Å². The van der Waals surface area contributed by atoms with Crippen molar-refractivity contribution in [2.45, 2.75) is 19.5 Å². The van der Waals surface area contributed by atoms with Gasteiger partial charge >= 0.3 is 0 Å². The molecule has 0 aliphatic carbocycles. The van der Waals surface area contributed by atoms with E-state index in [1.165, 1.54) is 16.0 Å². The van der Waals surface area contributed by atoms with Crippen LogP contribution in [0.1, 0.15) is 22.5 Å². The first-order chi connectivity index (χ1) is 14.2. The lowest BCUT2D eigenvalue weighted by Crippen LogP contribution is -2.37. The molecule has 5 heteroatoms. The number of carbonyl (C=O) groups is 2. The molecule has 0 bridgehead atoms. The van der Waals surface area contributed by atoms with Gasteiger partial charge in [0.05, 0.1) is 18.4 Å². The van der Waals surface area contributed by atoms with E-state index in [-0.39, 0.29) is 18.4 Å². The third kappa shape index (κ3) is 3.05. The second-order valence-corrected chi connectivity index (χ2v) is 7.31. The summed E-state index contributed by atoms with van der Waals surface area (Å²) >= 11 is 0. The highest BCUT2D eigenvalue weighted by Gasteiger charge is 2.42. The Morgan fingerprint density at radius 2 is 1.59 bits per heavy atom. The van der Waals surface area contributed by atoms with Gasteiger partial charge in [-0.3, -0.25) is 14.5 Å². The first-order valence-electron chi connectivity index (χ1n) is 9.72. The molecule has 0 spiro atoms. The molecule has 0 radical (unpaired) electrons. The molecule has 2 aromatic carbocycles. The summed E-state index contributed by atoms with van der Waals surface area (Å²) in [6.07, 6.45) is 2.40. The maximum atomic E-state index is 13.4. The van der Waals surface area contributed by atoms with Crippen LogP contribution in [0.15, 0.2) is 83.1 Å². The van der Waals surface area contributed by atoms with Crippen molar-refractivity contribution in [1.82, 2.24) is 9.80 Å². The fourth-order valence-electron chi connectivity index (χ4n) is 4.11. The fourth-order valence-corrected chi connectivity index (χ4v) is 4.11. The number of imide groups is 1. The summed E-state index contributed by atoms with van der Waals surface area (Å²) in [4.78, 5) is 30.1. The minimum absolute atomic E-state index is 0.134. The number of hydrogen-bond acceptors (Lipinski definition) is 4. The van der Waals surface area contributed by atoms with Gasteiger partial charge < -0.3 is 9.32 Å². The molecule has 2 amide bonds. The molecule has 29 heavy (non-hydrogen) atoms. The quantitative estimate of drug-likeness (QED) is 0.645. The van der Waals surface area contributed by atoms with E-state index in [1.54, 1.807) is 18.4 Å². The van der Waals surface area contributed by atoms with Crippen molar-refractivity contribution in [3.8, 4) is 0 Å². The zero-order chi connectivity index (χ0) is 19.8. The van der Waals surface area contributed by atoms with Crippen molar-refractivity contribution >= 4 is 17.4 Å². The SMILES string of the molecule is O=C1C(c2ccccc2)=C(N2CCc3ccccc3C2)C(=O)N1Cc1ccco1. The van der Waals surface area contributed by atoms with Gasteiger partial charge in [-0.15, -0.1) is 0 Å². The average Bonchev–Trinajstić information content (AvgIpc) is 3.36. The van der Waals surface area contributed by atoms with Gasteiger partial charge in [-0.25, -0.2) is 0 Å². The Labute approximate surface area is 168 Å². The van der Waals surface area contributed by atoms with Crippen LogP contribution in [0.4, 0.5) is 0 Å². The van der Waals surface area contributed by atoms with Crippen molar-refractivity contribution < 1.29 is 14.0 Å². The molecule has 5 rings (SSSR count). The van der Waals surface area contributed by atoms with Gasteiger partial charge in [0.15, 0.2) is 0 Å². The number of amides is 2. The molecule has 144 valence electrons. The molecule has 5 nitrogen and oxygen atoms in total. The molecule has 3 heterocycles. The summed E-state index contributed by atoms with van der Waals surface area (Å²) in [5.41, 5.74) is 4.23. The van der Waals surface area contributed by atoms with Gasteiger partial charge in [0.2, 0.25) is 0 Å². The van der Waals surface area contributed by atoms with E-state index < -0.39 is 0 Å². The Kier molecular flexibility index (Phi) is 4.28. The molecule has 0 saturated carbocycles. The first kappa shape index (κ1) is 17.5. The topological polar surface area (TPSA) is 53.8 Å². The van der Waals surface area contributed by atoms with Gasteiger partial charge in [0.25, 0.3) is 11.8 Å². The number of carbonyl (C=O) groups excluding carboxylic acids is 2. The summed E-state index contributed by atoms with van der Waals surface area (Å²) in [5.74, 6) is 0.0560. The smallest absolute Gasteiger partial charge is 0.278 e. The van der Waals surface area contributed by atoms with Gasteiger partial charge in [0.1, 0.15) is 11.5 Å². The monoisotopic (exact) mass is 384 g/mol. The van der Waals surface area contributed by atoms with Crippen molar-refractivity contribution in [3.05, 3.63) is 101 Å². The Balaban J connectivity index is 1.56. The summed E-state index contributed by atoms with van der Waals surface area (Å²) in [6, 6.07) is 21.3. The lowest BCUT2D eigenvalue weighted by molar-refractivity contribution is -0.138. The molecule has 2 aliphatic heterocycles. The van der Waals surface area contributed by atoms with Crippen LogP contribution in [-0.4, -0.2) is 28.2 Å². The molecule has 0 N–H and O–H groups in total. The lowest BCUT2D eigenvalue weighted by Gasteiger charge is -2.31. The maximum absolute atomic E-state index is 13.4. The molecule has 0 unspecified atom stereocenters. The molecule has 2 aliphatic rings. The Hall–Kier alpha value is -3.60. The van der Waals surface area contributed by atoms with E-state index in [0.29, 0.717) is 30.1 Å². The predicted molar refractivity (Wildman–Crippen MR) is 108 cm³/mol. The fraction of sp³-hybridized carbons (Fsp3) is 0.167. The Morgan fingerprint density at radius 1 is 0.828 bits per heavy atom. The highest BCUT2D eigenvalue weighted by Crippen LogP contribution is 2.35. The first-order valence-corrected chi connectivity index (χ1v) is 9.72. The van der Waals surface area contributed by atoms with E-state index in [1.807, 2.05) is 47.4 Å². The Morgan fingerprint density at radius 3 is 2.34 bits per heavy atom. The third-order valence-electron chi connectivity index (χ3n) is 5.55. The standard InChI is InChI=1S/C24H20N2O3/c27-23-21(18-8-2-1-3-9-18)22(24(28)26(23)16-20-11-6-14-29-20)25-13-12-17-7-4-5-10-19(17)15-25/h1-11,14H,12-13,15-16H2. The summed E-state index contributed by atoms with van der Waals surface area (Å²) in [7, 11) is 0. The zero-order valence-electron chi connectivity index (χ0n) is 15.9. The number of benzene rings is 2. The average molecular weight is 384 g/mol. The number of furan rings is 1. The van der Waals surface area contributed by atoms with Crippen LogP contribution in [-0.2, 0) is 29.1 Å². The largest absolute Gasteiger partial charge is 0.467 e. The highest BCUT2D eigenvalue weighted by atomic mass is 16.3. The number of hydrogen-bond donors (Lipinski definition) is 0. The number of fused-ring (bicyclic) bond motifs is 1. The second kappa shape index (κ2) is 7.09. The minimum Gasteiger partial charge on any atom is -0.467 e. The van der Waals surface area contributed by atoms with Gasteiger partial charge in [-0.05, 0) is 35.2 Å². The van der Waals surface area contributed by atoms with Crippen LogP contribution in [0.2, 0.25) is 0 Å². The van der Waals surface area contributed by atoms with Gasteiger partial charge in [-0.1, -0.05) is 54.6 Å². The maximum Gasteiger partial charge on any atom is 0.278 e. The molecule has 3 aromatic rings. The Bertz CT molecular complexity index is 1100. The number of rotatable bonds is 4. The van der Waals surface area contributed by atoms with Crippen LogP contribution in [0, 0.1) is 0 Å². The van der Waals surface area contributed by atoms with Crippen molar-refractivity contribution in [2.24, 2.45) is 0 Å². The predicted octanol–water partition coefficient (Wildman–Crippen LogP) is 3.62. The zero-order valence-corrected chi connectivity index (χ0v) is 15.9. The minimum atomic E-state index is -0.272. The van der Waals surface area contributed by atoms with E-state index >= 15 is 0 Å². The van der Waals surface area contributed by atoms with Crippen LogP contribution < -0.4 is 0 Å². The highest BCUT2D eigenvalue weighted by molar-refractivity contribution is 6.35. The van der Waals surface area contributed by atoms with Crippen molar-refractivity contribution in [1.29, 1.82) is 0 Å². The third-order valence-corrected chi connectivity index (χ3v) is 5.55. The lowest BCUT2D eigenvalue weighted by atomic mass is 9.98. The van der Waals surface area contributed by atoms with Gasteiger partial charge in [0, 0.05) is 13.1 Å².